The van der Waals surface area contributed by atoms with Gasteiger partial charge in [0, 0.05) is 5.41 Å². The van der Waals surface area contributed by atoms with Gasteiger partial charge in [-0.25, -0.2) is 0 Å². The molecule has 0 aliphatic heterocycles. The lowest BCUT2D eigenvalue weighted by Crippen LogP contribution is -2.23. The lowest BCUT2D eigenvalue weighted by Gasteiger charge is -2.31. The average Bonchev–Trinajstić information content (AvgIpc) is 2.79. The van der Waals surface area contributed by atoms with Crippen LogP contribution in [0, 0.1) is 0 Å². The zero-order valence-corrected chi connectivity index (χ0v) is 18.6. The molecule has 4 nitrogen and oxygen atoms in total. The molecule has 0 aromatic heterocycles. The van der Waals surface area contributed by atoms with Crippen molar-refractivity contribution in [3.8, 4) is 11.5 Å². The normalized spacial score (nSPS) is 11.5. The van der Waals surface area contributed by atoms with E-state index in [0.29, 0.717) is 13.2 Å². The molecular weight excluding hydrogens is 376 g/mol. The maximum Gasteiger partial charge on any atom is 0.119 e. The fourth-order valence-corrected chi connectivity index (χ4v) is 3.88. The number of aliphatic hydroxyl groups is 2. The molecule has 166 valence electrons. The second-order valence-corrected chi connectivity index (χ2v) is 8.04. The molecule has 30 heavy (non-hydrogen) atoms. The predicted octanol–water partition coefficient (Wildman–Crippen LogP) is 5.49. The van der Waals surface area contributed by atoms with Gasteiger partial charge in [0.05, 0.1) is 13.2 Å². The molecule has 0 saturated carbocycles. The van der Waals surface area contributed by atoms with Gasteiger partial charge in [-0.2, -0.15) is 0 Å². The molecule has 0 amide bonds. The average molecular weight is 415 g/mol. The molecule has 0 aliphatic carbocycles. The van der Waals surface area contributed by atoms with Crippen molar-refractivity contribution in [1.82, 2.24) is 0 Å². The Hall–Kier alpha value is -2.04. The second-order valence-electron chi connectivity index (χ2n) is 8.04. The van der Waals surface area contributed by atoms with Crippen molar-refractivity contribution >= 4 is 0 Å². The summed E-state index contributed by atoms with van der Waals surface area (Å²) >= 11 is 0. The fraction of sp³-hybridized carbons (Fsp3) is 0.538. The number of rotatable bonds is 15. The van der Waals surface area contributed by atoms with Gasteiger partial charge in [-0.3, -0.25) is 0 Å². The minimum atomic E-state index is -0.101. The van der Waals surface area contributed by atoms with Crippen LogP contribution in [-0.4, -0.2) is 36.6 Å². The van der Waals surface area contributed by atoms with Gasteiger partial charge >= 0.3 is 0 Å². The Morgan fingerprint density at radius 3 is 1.53 bits per heavy atom. The third kappa shape index (κ3) is 7.33. The Kier molecular flexibility index (Phi) is 10.7. The van der Waals surface area contributed by atoms with Crippen LogP contribution in [0.25, 0.3) is 0 Å². The summed E-state index contributed by atoms with van der Waals surface area (Å²) < 4.78 is 11.1. The Labute approximate surface area is 181 Å². The van der Waals surface area contributed by atoms with E-state index >= 15 is 0 Å². The van der Waals surface area contributed by atoms with E-state index in [1.807, 2.05) is 24.3 Å². The highest BCUT2D eigenvalue weighted by Crippen LogP contribution is 2.38. The molecular formula is C26H38O4. The molecule has 0 saturated heterocycles. The van der Waals surface area contributed by atoms with E-state index in [-0.39, 0.29) is 18.6 Å². The van der Waals surface area contributed by atoms with Crippen LogP contribution in [0.3, 0.4) is 0 Å². The van der Waals surface area contributed by atoms with E-state index in [1.54, 1.807) is 0 Å². The molecule has 2 aromatic rings. The van der Waals surface area contributed by atoms with Crippen molar-refractivity contribution in [2.75, 3.05) is 26.4 Å². The Morgan fingerprint density at radius 2 is 1.10 bits per heavy atom. The summed E-state index contributed by atoms with van der Waals surface area (Å²) in [5, 5.41) is 17.9. The molecule has 0 fully saturated rings. The molecule has 0 spiro atoms. The molecule has 0 bridgehead atoms. The molecule has 4 heteroatoms. The molecule has 0 aliphatic rings. The van der Waals surface area contributed by atoms with Crippen molar-refractivity contribution in [2.24, 2.45) is 0 Å². The van der Waals surface area contributed by atoms with Gasteiger partial charge in [-0.05, 0) is 41.8 Å². The summed E-state index contributed by atoms with van der Waals surface area (Å²) in [7, 11) is 0. The number of benzene rings is 2. The third-order valence-electron chi connectivity index (χ3n) is 5.73. The largest absolute Gasteiger partial charge is 0.491 e. The predicted molar refractivity (Wildman–Crippen MR) is 122 cm³/mol. The quantitative estimate of drug-likeness (QED) is 0.379. The number of unbranched alkanes of at least 4 members (excludes halogenated alkanes) is 5. The molecule has 2 N–H and O–H groups in total. The van der Waals surface area contributed by atoms with Gasteiger partial charge in [-0.1, -0.05) is 76.6 Å². The van der Waals surface area contributed by atoms with E-state index in [2.05, 4.69) is 38.1 Å². The standard InChI is InChI=1S/C26H38O4/c1-3-4-5-6-7-8-17-26(2,22-9-13-24(14-10-22)29-20-18-27)23-11-15-25(16-12-23)30-21-19-28/h9-16,27-28H,3-8,17-21H2,1-2H3. The summed E-state index contributed by atoms with van der Waals surface area (Å²) in [6.07, 6.45) is 8.73. The van der Waals surface area contributed by atoms with Crippen LogP contribution in [0.2, 0.25) is 0 Å². The Bertz CT molecular complexity index is 642. The third-order valence-corrected chi connectivity index (χ3v) is 5.73. The number of hydrogen-bond acceptors (Lipinski definition) is 4. The van der Waals surface area contributed by atoms with Gasteiger partial charge in [0.25, 0.3) is 0 Å². The van der Waals surface area contributed by atoms with Crippen molar-refractivity contribution in [2.45, 2.75) is 64.2 Å². The molecule has 0 heterocycles. The molecule has 2 aromatic carbocycles. The van der Waals surface area contributed by atoms with Crippen LogP contribution < -0.4 is 9.47 Å². The zero-order valence-electron chi connectivity index (χ0n) is 18.6. The maximum atomic E-state index is 8.96. The van der Waals surface area contributed by atoms with Crippen LogP contribution in [0.5, 0.6) is 11.5 Å². The van der Waals surface area contributed by atoms with Gasteiger partial charge < -0.3 is 19.7 Å². The highest BCUT2D eigenvalue weighted by molar-refractivity contribution is 5.42. The van der Waals surface area contributed by atoms with Crippen LogP contribution in [0.4, 0.5) is 0 Å². The summed E-state index contributed by atoms with van der Waals surface area (Å²) in [5.41, 5.74) is 2.42. The molecule has 0 radical (unpaired) electrons. The van der Waals surface area contributed by atoms with Crippen molar-refractivity contribution < 1.29 is 19.7 Å². The Morgan fingerprint density at radius 1 is 0.667 bits per heavy atom. The Balaban J connectivity index is 2.16. The van der Waals surface area contributed by atoms with Crippen LogP contribution in [0.15, 0.2) is 48.5 Å². The first-order chi connectivity index (χ1) is 14.6. The van der Waals surface area contributed by atoms with Crippen molar-refractivity contribution in [3.63, 3.8) is 0 Å². The molecule has 2 rings (SSSR count). The SMILES string of the molecule is CCCCCCCCC(C)(c1ccc(OCCO)cc1)c1ccc(OCCO)cc1. The molecule has 0 unspecified atom stereocenters. The second kappa shape index (κ2) is 13.3. The minimum Gasteiger partial charge on any atom is -0.491 e. The van der Waals surface area contributed by atoms with Crippen molar-refractivity contribution in [1.29, 1.82) is 0 Å². The van der Waals surface area contributed by atoms with Crippen molar-refractivity contribution in [3.05, 3.63) is 59.7 Å². The van der Waals surface area contributed by atoms with E-state index in [9.17, 15) is 0 Å². The van der Waals surface area contributed by atoms with Gasteiger partial charge in [0.2, 0.25) is 0 Å². The molecule has 0 atom stereocenters. The van der Waals surface area contributed by atoms with Gasteiger partial charge in [-0.15, -0.1) is 0 Å². The van der Waals surface area contributed by atoms with Crippen LogP contribution in [0.1, 0.15) is 69.9 Å². The van der Waals surface area contributed by atoms with E-state index in [4.69, 9.17) is 19.7 Å². The first-order valence-corrected chi connectivity index (χ1v) is 11.3. The maximum absolute atomic E-state index is 8.96. The first-order valence-electron chi connectivity index (χ1n) is 11.3. The first kappa shape index (κ1) is 24.2. The summed E-state index contributed by atoms with van der Waals surface area (Å²) in [5.74, 6) is 1.56. The topological polar surface area (TPSA) is 58.9 Å². The highest BCUT2D eigenvalue weighted by Gasteiger charge is 2.28. The lowest BCUT2D eigenvalue weighted by molar-refractivity contribution is 0.201. The summed E-state index contributed by atoms with van der Waals surface area (Å²) in [4.78, 5) is 0. The summed E-state index contributed by atoms with van der Waals surface area (Å²) in [6, 6.07) is 16.5. The van der Waals surface area contributed by atoms with E-state index < -0.39 is 0 Å². The number of ether oxygens (including phenoxy) is 2. The minimum absolute atomic E-state index is 0.0161. The monoisotopic (exact) mass is 414 g/mol. The van der Waals surface area contributed by atoms with E-state index in [1.165, 1.54) is 49.7 Å². The summed E-state index contributed by atoms with van der Waals surface area (Å²) in [6.45, 7) is 5.21. The number of hydrogen-bond donors (Lipinski definition) is 2. The fourth-order valence-electron chi connectivity index (χ4n) is 3.88. The highest BCUT2D eigenvalue weighted by atomic mass is 16.5. The van der Waals surface area contributed by atoms with Gasteiger partial charge in [0.15, 0.2) is 0 Å². The smallest absolute Gasteiger partial charge is 0.119 e. The van der Waals surface area contributed by atoms with Crippen LogP contribution in [-0.2, 0) is 5.41 Å². The zero-order chi connectivity index (χ0) is 21.7. The van der Waals surface area contributed by atoms with Crippen LogP contribution >= 0.6 is 0 Å². The lowest BCUT2D eigenvalue weighted by atomic mass is 9.72. The number of aliphatic hydroxyl groups excluding tert-OH is 2. The van der Waals surface area contributed by atoms with Gasteiger partial charge in [0.1, 0.15) is 24.7 Å². The van der Waals surface area contributed by atoms with E-state index in [0.717, 1.165) is 17.9 Å².